The van der Waals surface area contributed by atoms with Gasteiger partial charge in [0.1, 0.15) is 0 Å². The smallest absolute Gasteiger partial charge is 0.191 e. The van der Waals surface area contributed by atoms with Crippen LogP contribution in [0.15, 0.2) is 29.3 Å². The van der Waals surface area contributed by atoms with Crippen LogP contribution in [0.5, 0.6) is 0 Å². The normalized spacial score (nSPS) is 25.4. The van der Waals surface area contributed by atoms with Gasteiger partial charge in [-0.2, -0.15) is 0 Å². The van der Waals surface area contributed by atoms with E-state index in [4.69, 9.17) is 19.2 Å². The zero-order valence-electron chi connectivity index (χ0n) is 18.6. The highest BCUT2D eigenvalue weighted by Crippen LogP contribution is 2.33. The first-order valence-electron chi connectivity index (χ1n) is 11.1. The summed E-state index contributed by atoms with van der Waals surface area (Å²) in [5.41, 5.74) is 2.53. The summed E-state index contributed by atoms with van der Waals surface area (Å²) >= 11 is 0. The van der Waals surface area contributed by atoms with Gasteiger partial charge in [0.2, 0.25) is 0 Å². The summed E-state index contributed by atoms with van der Waals surface area (Å²) < 4.78 is 17.5. The van der Waals surface area contributed by atoms with Crippen LogP contribution in [0, 0.1) is 12.8 Å². The molecule has 1 aromatic rings. The summed E-state index contributed by atoms with van der Waals surface area (Å²) in [5, 5.41) is 6.84. The number of halogens is 1. The second-order valence-electron chi connectivity index (χ2n) is 8.19. The van der Waals surface area contributed by atoms with Gasteiger partial charge in [-0.15, -0.1) is 24.0 Å². The summed E-state index contributed by atoms with van der Waals surface area (Å²) in [5.74, 6) is 1.24. The number of guanidine groups is 1. The minimum atomic E-state index is 0. The van der Waals surface area contributed by atoms with E-state index in [1.807, 2.05) is 0 Å². The van der Waals surface area contributed by atoms with Crippen molar-refractivity contribution in [2.45, 2.75) is 58.3 Å². The van der Waals surface area contributed by atoms with Crippen molar-refractivity contribution in [3.63, 3.8) is 0 Å². The van der Waals surface area contributed by atoms with Gasteiger partial charge >= 0.3 is 0 Å². The first-order valence-corrected chi connectivity index (χ1v) is 11.1. The van der Waals surface area contributed by atoms with E-state index in [1.165, 1.54) is 11.1 Å². The summed E-state index contributed by atoms with van der Waals surface area (Å²) in [6.45, 7) is 10.9. The zero-order chi connectivity index (χ0) is 20.5. The van der Waals surface area contributed by atoms with Gasteiger partial charge in [0.15, 0.2) is 5.96 Å². The number of hydrogen-bond acceptors (Lipinski definition) is 4. The lowest BCUT2D eigenvalue weighted by Crippen LogP contribution is -2.45. The molecule has 4 unspecified atom stereocenters. The van der Waals surface area contributed by atoms with Gasteiger partial charge in [0, 0.05) is 38.3 Å². The van der Waals surface area contributed by atoms with E-state index >= 15 is 0 Å². The maximum atomic E-state index is 6.14. The van der Waals surface area contributed by atoms with Crippen LogP contribution in [-0.2, 0) is 14.2 Å². The van der Waals surface area contributed by atoms with E-state index in [9.17, 15) is 0 Å². The molecular weight excluding hydrogens is 493 g/mol. The standard InChI is InChI=1S/C23H37N3O3.HI/c1-4-24-23(26-18(3)15-29-21-11-13-27-16-21)25-14-20-6-5-12-28-22(20)19-9-7-17(2)8-10-19;/h7-10,18,20-22H,4-6,11-16H2,1-3H3,(H2,24,25,26);1H. The van der Waals surface area contributed by atoms with Gasteiger partial charge in [-0.05, 0) is 45.6 Å². The maximum absolute atomic E-state index is 6.14. The van der Waals surface area contributed by atoms with Gasteiger partial charge in [-0.1, -0.05) is 29.8 Å². The molecule has 0 saturated carbocycles. The van der Waals surface area contributed by atoms with Gasteiger partial charge in [-0.3, -0.25) is 4.99 Å². The average Bonchev–Trinajstić information content (AvgIpc) is 3.25. The van der Waals surface area contributed by atoms with E-state index in [0.29, 0.717) is 19.1 Å². The minimum Gasteiger partial charge on any atom is -0.379 e. The summed E-state index contributed by atoms with van der Waals surface area (Å²) in [7, 11) is 0. The monoisotopic (exact) mass is 531 g/mol. The molecule has 0 aliphatic carbocycles. The van der Waals surface area contributed by atoms with Crippen molar-refractivity contribution in [1.82, 2.24) is 10.6 Å². The van der Waals surface area contributed by atoms with Crippen molar-refractivity contribution in [2.24, 2.45) is 10.9 Å². The number of nitrogens with zero attached hydrogens (tertiary/aromatic N) is 1. The molecule has 0 aromatic heterocycles. The van der Waals surface area contributed by atoms with Gasteiger partial charge < -0.3 is 24.8 Å². The van der Waals surface area contributed by atoms with Crippen LogP contribution in [0.4, 0.5) is 0 Å². The average molecular weight is 531 g/mol. The lowest BCUT2D eigenvalue weighted by molar-refractivity contribution is -0.0250. The second kappa shape index (κ2) is 13.5. The van der Waals surface area contributed by atoms with Crippen molar-refractivity contribution < 1.29 is 14.2 Å². The summed E-state index contributed by atoms with van der Waals surface area (Å²) in [6.07, 6.45) is 3.58. The third kappa shape index (κ3) is 7.98. The molecular formula is C23H38IN3O3. The van der Waals surface area contributed by atoms with E-state index in [0.717, 1.165) is 51.5 Å². The third-order valence-electron chi connectivity index (χ3n) is 5.53. The van der Waals surface area contributed by atoms with Crippen LogP contribution >= 0.6 is 24.0 Å². The Hall–Kier alpha value is -0.900. The fourth-order valence-electron chi connectivity index (χ4n) is 3.88. The molecule has 1 aromatic carbocycles. The molecule has 6 nitrogen and oxygen atoms in total. The van der Waals surface area contributed by atoms with Crippen LogP contribution in [-0.4, -0.2) is 57.6 Å². The Morgan fingerprint density at radius 1 is 1.23 bits per heavy atom. The topological polar surface area (TPSA) is 64.1 Å². The van der Waals surface area contributed by atoms with Gasteiger partial charge in [0.25, 0.3) is 0 Å². The quantitative estimate of drug-likeness (QED) is 0.304. The Morgan fingerprint density at radius 2 is 2.03 bits per heavy atom. The Bertz CT molecular complexity index is 635. The Morgan fingerprint density at radius 3 is 2.73 bits per heavy atom. The molecule has 0 bridgehead atoms. The third-order valence-corrected chi connectivity index (χ3v) is 5.53. The maximum Gasteiger partial charge on any atom is 0.191 e. The summed E-state index contributed by atoms with van der Waals surface area (Å²) in [4.78, 5) is 4.88. The van der Waals surface area contributed by atoms with Crippen molar-refractivity contribution in [1.29, 1.82) is 0 Å². The number of hydrogen-bond donors (Lipinski definition) is 2. The highest BCUT2D eigenvalue weighted by Gasteiger charge is 2.27. The lowest BCUT2D eigenvalue weighted by atomic mass is 9.89. The van der Waals surface area contributed by atoms with Gasteiger partial charge in [-0.25, -0.2) is 0 Å². The molecule has 4 atom stereocenters. The molecule has 0 radical (unpaired) electrons. The molecule has 2 aliphatic rings. The number of rotatable bonds is 8. The fraction of sp³-hybridized carbons (Fsp3) is 0.696. The molecule has 2 N–H and O–H groups in total. The van der Waals surface area contributed by atoms with Crippen molar-refractivity contribution in [3.8, 4) is 0 Å². The van der Waals surface area contributed by atoms with E-state index in [-0.39, 0.29) is 42.2 Å². The van der Waals surface area contributed by atoms with Crippen molar-refractivity contribution in [2.75, 3.05) is 39.5 Å². The van der Waals surface area contributed by atoms with Crippen molar-refractivity contribution >= 4 is 29.9 Å². The van der Waals surface area contributed by atoms with Crippen LogP contribution in [0.3, 0.4) is 0 Å². The Kier molecular flexibility index (Phi) is 11.4. The molecule has 2 fully saturated rings. The highest BCUT2D eigenvalue weighted by atomic mass is 127. The SMILES string of the molecule is CCNC(=NCC1CCCOC1c1ccc(C)cc1)NC(C)COC1CCOC1.I. The van der Waals surface area contributed by atoms with Crippen molar-refractivity contribution in [3.05, 3.63) is 35.4 Å². The van der Waals surface area contributed by atoms with Crippen LogP contribution in [0.25, 0.3) is 0 Å². The van der Waals surface area contributed by atoms with E-state index < -0.39 is 0 Å². The van der Waals surface area contributed by atoms with Gasteiger partial charge in [0.05, 0.1) is 25.4 Å². The molecule has 7 heteroatoms. The first kappa shape index (κ1) is 25.4. The lowest BCUT2D eigenvalue weighted by Gasteiger charge is -2.31. The molecule has 2 heterocycles. The molecule has 0 spiro atoms. The van der Waals surface area contributed by atoms with Crippen LogP contribution in [0.2, 0.25) is 0 Å². The zero-order valence-corrected chi connectivity index (χ0v) is 20.9. The second-order valence-corrected chi connectivity index (χ2v) is 8.19. The molecule has 0 amide bonds. The van der Waals surface area contributed by atoms with Crippen LogP contribution in [0.1, 0.15) is 50.3 Å². The van der Waals surface area contributed by atoms with E-state index in [2.05, 4.69) is 55.7 Å². The fourth-order valence-corrected chi connectivity index (χ4v) is 3.88. The minimum absolute atomic E-state index is 0. The van der Waals surface area contributed by atoms with E-state index in [1.54, 1.807) is 0 Å². The number of nitrogens with one attached hydrogen (secondary N) is 2. The van der Waals surface area contributed by atoms with Crippen LogP contribution < -0.4 is 10.6 Å². The molecule has 2 saturated heterocycles. The predicted octanol–water partition coefficient (Wildman–Crippen LogP) is 3.83. The Labute approximate surface area is 198 Å². The number of benzene rings is 1. The number of aryl methyl sites for hydroxylation is 1. The molecule has 2 aliphatic heterocycles. The predicted molar refractivity (Wildman–Crippen MR) is 132 cm³/mol. The number of aliphatic imine (C=N–C) groups is 1. The Balaban J connectivity index is 0.00000320. The molecule has 3 rings (SSSR count). The highest BCUT2D eigenvalue weighted by molar-refractivity contribution is 14.0. The largest absolute Gasteiger partial charge is 0.379 e. The molecule has 170 valence electrons. The molecule has 30 heavy (non-hydrogen) atoms. The first-order chi connectivity index (χ1) is 14.2. The number of ether oxygens (including phenoxy) is 3. The summed E-state index contributed by atoms with van der Waals surface area (Å²) in [6, 6.07) is 8.89.